The van der Waals surface area contributed by atoms with Crippen molar-refractivity contribution in [1.29, 1.82) is 0 Å². The lowest BCUT2D eigenvalue weighted by Crippen LogP contribution is -1.90. The fraction of sp³-hybridized carbons (Fsp3) is 0.167. The summed E-state index contributed by atoms with van der Waals surface area (Å²) in [6.07, 6.45) is 0.522. The second-order valence-electron chi connectivity index (χ2n) is 1.80. The van der Waals surface area contributed by atoms with E-state index in [1.165, 1.54) is 6.07 Å². The molecule has 1 heterocycles. The third-order valence-electron chi connectivity index (χ3n) is 1.11. The summed E-state index contributed by atoms with van der Waals surface area (Å²) in [5, 5.41) is 5.49. The molecule has 0 aliphatic heterocycles. The topological polar surface area (TPSA) is 54.3 Å². The van der Waals surface area contributed by atoms with Crippen LogP contribution in [0, 0.1) is 0 Å². The van der Waals surface area contributed by atoms with Gasteiger partial charge in [0.2, 0.25) is 18.2 Å². The summed E-state index contributed by atoms with van der Waals surface area (Å²) in [5.74, 6) is 0.769. The minimum atomic E-state index is 0.328. The van der Waals surface area contributed by atoms with E-state index in [-0.39, 0.29) is 0 Å². The number of hydrogen-bond donors (Lipinski definition) is 2. The number of amides is 1. The van der Waals surface area contributed by atoms with Gasteiger partial charge in [-0.25, -0.2) is 0 Å². The Labute approximate surface area is 68.5 Å². The number of rotatable bonds is 3. The molecule has 60 valence electrons. The highest BCUT2D eigenvalue weighted by Gasteiger charge is 2.05. The smallest absolute Gasteiger partial charge is 0.214 e. The first kappa shape index (κ1) is 7.94. The maximum Gasteiger partial charge on any atom is 0.214 e. The first-order chi connectivity index (χ1) is 5.27. The Morgan fingerprint density at radius 1 is 1.73 bits per heavy atom. The standard InChI is InChI=1S/C6H7ClN2O2/c1-8-6-4(7)2-5(11-6)9-3-10/h2-3,8H,1H3,(H,9,10). The summed E-state index contributed by atoms with van der Waals surface area (Å²) < 4.78 is 5.02. The van der Waals surface area contributed by atoms with Crippen molar-refractivity contribution >= 4 is 29.8 Å². The normalized spacial score (nSPS) is 9.27. The zero-order valence-corrected chi connectivity index (χ0v) is 6.61. The fourth-order valence-electron chi connectivity index (χ4n) is 0.668. The Bertz CT molecular complexity index is 259. The first-order valence-electron chi connectivity index (χ1n) is 2.95. The molecular formula is C6H7ClN2O2. The summed E-state index contributed by atoms with van der Waals surface area (Å²) in [5.41, 5.74) is 0. The highest BCUT2D eigenvalue weighted by Crippen LogP contribution is 2.28. The lowest BCUT2D eigenvalue weighted by molar-refractivity contribution is -0.105. The molecule has 0 saturated heterocycles. The molecule has 0 fully saturated rings. The number of hydrogen-bond acceptors (Lipinski definition) is 3. The van der Waals surface area contributed by atoms with Gasteiger partial charge in [-0.15, -0.1) is 0 Å². The number of halogens is 1. The lowest BCUT2D eigenvalue weighted by atomic mass is 10.6. The Morgan fingerprint density at radius 3 is 2.91 bits per heavy atom. The van der Waals surface area contributed by atoms with Gasteiger partial charge in [0.1, 0.15) is 5.02 Å². The molecule has 1 rings (SSSR count). The monoisotopic (exact) mass is 174 g/mol. The number of anilines is 2. The van der Waals surface area contributed by atoms with Crippen LogP contribution < -0.4 is 10.6 Å². The van der Waals surface area contributed by atoms with Gasteiger partial charge in [0.05, 0.1) is 0 Å². The van der Waals surface area contributed by atoms with Crippen LogP contribution >= 0.6 is 11.6 Å². The molecule has 0 unspecified atom stereocenters. The summed E-state index contributed by atoms with van der Waals surface area (Å²) in [4.78, 5) is 9.95. The van der Waals surface area contributed by atoms with Crippen molar-refractivity contribution in [3.63, 3.8) is 0 Å². The van der Waals surface area contributed by atoms with Crippen molar-refractivity contribution in [3.8, 4) is 0 Å². The number of carbonyl (C=O) groups excluding carboxylic acids is 1. The minimum Gasteiger partial charge on any atom is -0.423 e. The fourth-order valence-corrected chi connectivity index (χ4v) is 0.901. The van der Waals surface area contributed by atoms with Crippen molar-refractivity contribution in [2.75, 3.05) is 17.7 Å². The molecule has 0 aliphatic rings. The van der Waals surface area contributed by atoms with Crippen LogP contribution in [0.4, 0.5) is 11.8 Å². The van der Waals surface area contributed by atoms with Crippen molar-refractivity contribution in [2.24, 2.45) is 0 Å². The van der Waals surface area contributed by atoms with E-state index < -0.39 is 0 Å². The summed E-state index contributed by atoms with van der Waals surface area (Å²) in [6, 6.07) is 1.52. The van der Waals surface area contributed by atoms with Crippen molar-refractivity contribution < 1.29 is 9.21 Å². The van der Waals surface area contributed by atoms with E-state index >= 15 is 0 Å². The van der Waals surface area contributed by atoms with E-state index in [1.54, 1.807) is 7.05 Å². The SMILES string of the molecule is CNc1oc(NC=O)cc1Cl. The van der Waals surface area contributed by atoms with Gasteiger partial charge in [-0.3, -0.25) is 10.1 Å². The number of furan rings is 1. The van der Waals surface area contributed by atoms with E-state index in [9.17, 15) is 4.79 Å². The largest absolute Gasteiger partial charge is 0.423 e. The summed E-state index contributed by atoms with van der Waals surface area (Å²) in [6.45, 7) is 0. The molecule has 1 amide bonds. The molecule has 0 bridgehead atoms. The van der Waals surface area contributed by atoms with Crippen LogP contribution in [0.25, 0.3) is 0 Å². The maximum absolute atomic E-state index is 9.95. The van der Waals surface area contributed by atoms with Crippen LogP contribution in [-0.4, -0.2) is 13.5 Å². The number of nitrogens with one attached hydrogen (secondary N) is 2. The second-order valence-corrected chi connectivity index (χ2v) is 2.21. The van der Waals surface area contributed by atoms with Crippen LogP contribution in [0.3, 0.4) is 0 Å². The Morgan fingerprint density at radius 2 is 2.45 bits per heavy atom. The molecule has 4 nitrogen and oxygen atoms in total. The van der Waals surface area contributed by atoms with E-state index in [2.05, 4.69) is 10.6 Å². The van der Waals surface area contributed by atoms with E-state index in [1.807, 2.05) is 0 Å². The second kappa shape index (κ2) is 3.30. The highest BCUT2D eigenvalue weighted by atomic mass is 35.5. The molecule has 1 aromatic rings. The quantitative estimate of drug-likeness (QED) is 0.684. The van der Waals surface area contributed by atoms with Crippen LogP contribution in [0.15, 0.2) is 10.5 Å². The van der Waals surface area contributed by atoms with Crippen molar-refractivity contribution in [1.82, 2.24) is 0 Å². The van der Waals surface area contributed by atoms with Crippen LogP contribution in [-0.2, 0) is 4.79 Å². The molecule has 2 N–H and O–H groups in total. The molecule has 5 heteroatoms. The molecule has 0 spiro atoms. The molecule has 0 aliphatic carbocycles. The zero-order chi connectivity index (χ0) is 8.27. The molecule has 0 saturated carbocycles. The molecule has 0 aromatic carbocycles. The molecule has 0 atom stereocenters. The van der Waals surface area contributed by atoms with Crippen molar-refractivity contribution in [3.05, 3.63) is 11.1 Å². The Kier molecular flexibility index (Phi) is 2.38. The zero-order valence-electron chi connectivity index (χ0n) is 5.85. The van der Waals surface area contributed by atoms with E-state index in [4.69, 9.17) is 16.0 Å². The Hall–Kier alpha value is -1.16. The average molecular weight is 175 g/mol. The van der Waals surface area contributed by atoms with Crippen LogP contribution in [0.5, 0.6) is 0 Å². The van der Waals surface area contributed by atoms with E-state index in [0.29, 0.717) is 23.2 Å². The number of carbonyl (C=O) groups is 1. The van der Waals surface area contributed by atoms with E-state index in [0.717, 1.165) is 0 Å². The predicted octanol–water partition coefficient (Wildman–Crippen LogP) is 1.54. The van der Waals surface area contributed by atoms with Gasteiger partial charge in [0.25, 0.3) is 0 Å². The van der Waals surface area contributed by atoms with Gasteiger partial charge in [0, 0.05) is 13.1 Å². The third-order valence-corrected chi connectivity index (χ3v) is 1.40. The molecule has 11 heavy (non-hydrogen) atoms. The molecule has 0 radical (unpaired) electrons. The lowest BCUT2D eigenvalue weighted by Gasteiger charge is -1.92. The van der Waals surface area contributed by atoms with Crippen LogP contribution in [0.2, 0.25) is 5.02 Å². The van der Waals surface area contributed by atoms with Gasteiger partial charge in [-0.05, 0) is 0 Å². The first-order valence-corrected chi connectivity index (χ1v) is 3.33. The van der Waals surface area contributed by atoms with Gasteiger partial charge in [0.15, 0.2) is 0 Å². The van der Waals surface area contributed by atoms with Gasteiger partial charge in [-0.1, -0.05) is 11.6 Å². The third kappa shape index (κ3) is 1.65. The summed E-state index contributed by atoms with van der Waals surface area (Å²) >= 11 is 5.67. The molecule has 1 aromatic heterocycles. The average Bonchev–Trinajstić information content (AvgIpc) is 2.32. The highest BCUT2D eigenvalue weighted by molar-refractivity contribution is 6.33. The minimum absolute atomic E-state index is 0.328. The predicted molar refractivity (Wildman–Crippen MR) is 43.0 cm³/mol. The van der Waals surface area contributed by atoms with Crippen molar-refractivity contribution in [2.45, 2.75) is 0 Å². The van der Waals surface area contributed by atoms with Gasteiger partial charge < -0.3 is 9.73 Å². The maximum atomic E-state index is 9.95. The van der Waals surface area contributed by atoms with Crippen LogP contribution in [0.1, 0.15) is 0 Å². The molecular weight excluding hydrogens is 168 g/mol. The Balaban J connectivity index is 2.85. The summed E-state index contributed by atoms with van der Waals surface area (Å²) in [7, 11) is 1.68. The van der Waals surface area contributed by atoms with Gasteiger partial charge in [-0.2, -0.15) is 0 Å². The van der Waals surface area contributed by atoms with Gasteiger partial charge >= 0.3 is 0 Å².